The van der Waals surface area contributed by atoms with Crippen molar-refractivity contribution in [2.24, 2.45) is 7.05 Å². The van der Waals surface area contributed by atoms with Crippen molar-refractivity contribution in [1.29, 1.82) is 0 Å². The molecule has 4 nitrogen and oxygen atoms in total. The zero-order valence-corrected chi connectivity index (χ0v) is 14.0. The lowest BCUT2D eigenvalue weighted by Gasteiger charge is -2.10. The second-order valence-corrected chi connectivity index (χ2v) is 5.86. The van der Waals surface area contributed by atoms with Gasteiger partial charge in [0.15, 0.2) is 0 Å². The zero-order chi connectivity index (χ0) is 13.8. The maximum atomic E-state index is 5.28. The predicted octanol–water partition coefficient (Wildman–Crippen LogP) is 3.24. The molecule has 102 valence electrons. The molecule has 2 aromatic rings. The van der Waals surface area contributed by atoms with Gasteiger partial charge in [-0.1, -0.05) is 0 Å². The number of nitrogens with one attached hydrogen (secondary N) is 1. The van der Waals surface area contributed by atoms with Crippen LogP contribution in [0.2, 0.25) is 0 Å². The molecular weight excluding hydrogens is 374 g/mol. The summed E-state index contributed by atoms with van der Waals surface area (Å²) < 4.78 is 9.17. The molecule has 0 amide bonds. The minimum absolute atomic E-state index is 0.741. The minimum atomic E-state index is 0.741. The number of hydrogen-bond donors (Lipinski definition) is 1. The lowest BCUT2D eigenvalue weighted by molar-refractivity contribution is 0.409. The van der Waals surface area contributed by atoms with E-state index in [0.717, 1.165) is 33.6 Å². The van der Waals surface area contributed by atoms with Gasteiger partial charge in [0.2, 0.25) is 0 Å². The number of rotatable bonds is 5. The van der Waals surface area contributed by atoms with Crippen molar-refractivity contribution >= 4 is 31.9 Å². The first-order chi connectivity index (χ1) is 9.11. The lowest BCUT2D eigenvalue weighted by atomic mass is 10.2. The highest BCUT2D eigenvalue weighted by molar-refractivity contribution is 9.11. The van der Waals surface area contributed by atoms with Crippen LogP contribution in [0, 0.1) is 0 Å². The molecule has 0 aliphatic heterocycles. The van der Waals surface area contributed by atoms with E-state index in [1.807, 2.05) is 17.8 Å². The SMILES string of the molecule is COc1c(Br)cc(CNCc2nccn2C)cc1Br. The number of aryl methyl sites for hydroxylation is 1. The van der Waals surface area contributed by atoms with Crippen LogP contribution in [0.15, 0.2) is 33.5 Å². The van der Waals surface area contributed by atoms with Crippen molar-refractivity contribution in [3.05, 3.63) is 44.9 Å². The van der Waals surface area contributed by atoms with E-state index in [1.165, 1.54) is 5.56 Å². The van der Waals surface area contributed by atoms with Gasteiger partial charge in [0, 0.05) is 26.0 Å². The van der Waals surface area contributed by atoms with E-state index in [9.17, 15) is 0 Å². The van der Waals surface area contributed by atoms with Gasteiger partial charge in [-0.05, 0) is 49.6 Å². The monoisotopic (exact) mass is 387 g/mol. The van der Waals surface area contributed by atoms with E-state index in [-0.39, 0.29) is 0 Å². The Labute approximate surface area is 129 Å². The number of halogens is 2. The Morgan fingerprint density at radius 1 is 1.26 bits per heavy atom. The normalized spacial score (nSPS) is 10.7. The summed E-state index contributed by atoms with van der Waals surface area (Å²) in [4.78, 5) is 4.27. The third-order valence-electron chi connectivity index (χ3n) is 2.80. The third-order valence-corrected chi connectivity index (χ3v) is 3.97. The second-order valence-electron chi connectivity index (χ2n) is 4.15. The molecule has 0 atom stereocenters. The van der Waals surface area contributed by atoms with Crippen molar-refractivity contribution in [2.75, 3.05) is 7.11 Å². The van der Waals surface area contributed by atoms with Crippen LogP contribution in [0.3, 0.4) is 0 Å². The van der Waals surface area contributed by atoms with Crippen LogP contribution in [0.25, 0.3) is 0 Å². The number of aromatic nitrogens is 2. The molecule has 19 heavy (non-hydrogen) atoms. The highest BCUT2D eigenvalue weighted by Gasteiger charge is 2.07. The molecule has 0 saturated carbocycles. The number of benzene rings is 1. The van der Waals surface area contributed by atoms with Gasteiger partial charge in [-0.2, -0.15) is 0 Å². The molecule has 1 aromatic carbocycles. The van der Waals surface area contributed by atoms with Gasteiger partial charge in [-0.25, -0.2) is 4.98 Å². The van der Waals surface area contributed by atoms with Gasteiger partial charge in [0.25, 0.3) is 0 Å². The average molecular weight is 389 g/mol. The van der Waals surface area contributed by atoms with Gasteiger partial charge in [-0.3, -0.25) is 0 Å². The van der Waals surface area contributed by atoms with E-state index in [4.69, 9.17) is 4.74 Å². The van der Waals surface area contributed by atoms with Crippen molar-refractivity contribution < 1.29 is 4.74 Å². The highest BCUT2D eigenvalue weighted by atomic mass is 79.9. The largest absolute Gasteiger partial charge is 0.494 e. The summed E-state index contributed by atoms with van der Waals surface area (Å²) >= 11 is 7.00. The van der Waals surface area contributed by atoms with Gasteiger partial charge in [0.05, 0.1) is 22.6 Å². The predicted molar refractivity (Wildman–Crippen MR) is 82.1 cm³/mol. The van der Waals surface area contributed by atoms with Gasteiger partial charge in [0.1, 0.15) is 11.6 Å². The number of methoxy groups -OCH3 is 1. The van der Waals surface area contributed by atoms with Gasteiger partial charge < -0.3 is 14.6 Å². The maximum absolute atomic E-state index is 5.28. The summed E-state index contributed by atoms with van der Waals surface area (Å²) in [7, 11) is 3.65. The Hall–Kier alpha value is -0.850. The summed E-state index contributed by atoms with van der Waals surface area (Å²) in [5, 5.41) is 3.37. The highest BCUT2D eigenvalue weighted by Crippen LogP contribution is 2.34. The molecule has 0 saturated heterocycles. The summed E-state index contributed by atoms with van der Waals surface area (Å²) in [6, 6.07) is 4.10. The summed E-state index contributed by atoms with van der Waals surface area (Å²) in [6.07, 6.45) is 3.75. The fraction of sp³-hybridized carbons (Fsp3) is 0.308. The van der Waals surface area contributed by atoms with Crippen molar-refractivity contribution in [1.82, 2.24) is 14.9 Å². The summed E-state index contributed by atoms with van der Waals surface area (Å²) in [6.45, 7) is 1.51. The van der Waals surface area contributed by atoms with E-state index in [1.54, 1.807) is 13.3 Å². The summed E-state index contributed by atoms with van der Waals surface area (Å²) in [5.41, 5.74) is 1.17. The summed E-state index contributed by atoms with van der Waals surface area (Å²) in [5.74, 6) is 1.83. The molecular formula is C13H15Br2N3O. The molecule has 2 rings (SSSR count). The van der Waals surface area contributed by atoms with E-state index < -0.39 is 0 Å². The first-order valence-electron chi connectivity index (χ1n) is 5.80. The zero-order valence-electron chi connectivity index (χ0n) is 10.8. The molecule has 0 fully saturated rings. The fourth-order valence-corrected chi connectivity index (χ4v) is 3.40. The maximum Gasteiger partial charge on any atom is 0.147 e. The fourth-order valence-electron chi connectivity index (χ4n) is 1.79. The van der Waals surface area contributed by atoms with E-state index in [0.29, 0.717) is 0 Å². The molecule has 1 N–H and O–H groups in total. The van der Waals surface area contributed by atoms with Crippen LogP contribution in [-0.2, 0) is 20.1 Å². The quantitative estimate of drug-likeness (QED) is 0.854. The van der Waals surface area contributed by atoms with Crippen molar-refractivity contribution in [3.8, 4) is 5.75 Å². The van der Waals surface area contributed by atoms with Crippen molar-refractivity contribution in [3.63, 3.8) is 0 Å². The molecule has 0 unspecified atom stereocenters. The topological polar surface area (TPSA) is 39.1 Å². The van der Waals surface area contributed by atoms with Crippen LogP contribution >= 0.6 is 31.9 Å². The Kier molecular flexibility index (Phi) is 5.01. The Morgan fingerprint density at radius 3 is 2.47 bits per heavy atom. The number of hydrogen-bond acceptors (Lipinski definition) is 3. The molecule has 0 spiro atoms. The van der Waals surface area contributed by atoms with Gasteiger partial charge in [-0.15, -0.1) is 0 Å². The van der Waals surface area contributed by atoms with Crippen LogP contribution in [0.4, 0.5) is 0 Å². The minimum Gasteiger partial charge on any atom is -0.494 e. The molecule has 1 aromatic heterocycles. The van der Waals surface area contributed by atoms with Crippen LogP contribution in [-0.4, -0.2) is 16.7 Å². The van der Waals surface area contributed by atoms with Crippen molar-refractivity contribution in [2.45, 2.75) is 13.1 Å². The number of nitrogens with zero attached hydrogens (tertiary/aromatic N) is 2. The molecule has 0 radical (unpaired) electrons. The first kappa shape index (κ1) is 14.6. The third kappa shape index (κ3) is 3.58. The Balaban J connectivity index is 1.99. The standard InChI is InChI=1S/C13H15Br2N3O/c1-18-4-3-17-12(18)8-16-7-9-5-10(14)13(19-2)11(15)6-9/h3-6,16H,7-8H2,1-2H3. The smallest absolute Gasteiger partial charge is 0.147 e. The Bertz CT molecular complexity index is 546. The second kappa shape index (κ2) is 6.54. The van der Waals surface area contributed by atoms with Crippen LogP contribution in [0.1, 0.15) is 11.4 Å². The van der Waals surface area contributed by atoms with Crippen LogP contribution < -0.4 is 10.1 Å². The van der Waals surface area contributed by atoms with Gasteiger partial charge >= 0.3 is 0 Å². The molecule has 0 bridgehead atoms. The molecule has 6 heteroatoms. The number of ether oxygens (including phenoxy) is 1. The number of imidazole rings is 1. The molecule has 1 heterocycles. The van der Waals surface area contributed by atoms with Crippen LogP contribution in [0.5, 0.6) is 5.75 Å². The van der Waals surface area contributed by atoms with E-state index in [2.05, 4.69) is 54.3 Å². The lowest BCUT2D eigenvalue weighted by Crippen LogP contribution is -2.15. The first-order valence-corrected chi connectivity index (χ1v) is 7.39. The van der Waals surface area contributed by atoms with E-state index >= 15 is 0 Å². The average Bonchev–Trinajstić information content (AvgIpc) is 2.75. The molecule has 0 aliphatic rings. The Morgan fingerprint density at radius 2 is 1.95 bits per heavy atom. The molecule has 0 aliphatic carbocycles.